The Bertz CT molecular complexity index is 597. The molecule has 0 spiro atoms. The molecule has 5 nitrogen and oxygen atoms in total. The Kier molecular flexibility index (Phi) is 11.2. The number of benzene rings is 1. The first-order valence-corrected chi connectivity index (χ1v) is 12.0. The van der Waals surface area contributed by atoms with E-state index in [0.29, 0.717) is 13.2 Å². The van der Waals surface area contributed by atoms with Gasteiger partial charge in [-0.3, -0.25) is 9.69 Å². The number of likely N-dealkylation sites (tertiary alicyclic amines) is 1. The molecule has 0 saturated carbocycles. The Morgan fingerprint density at radius 1 is 1.00 bits per heavy atom. The number of hydrogen-bond acceptors (Lipinski definition) is 4. The number of unbranched alkanes of at least 4 members (excludes halogenated alkanes) is 2. The molecule has 1 amide bonds. The number of nitrogens with zero attached hydrogens (tertiary/aromatic N) is 1. The number of ether oxygens (including phenoxy) is 2. The van der Waals surface area contributed by atoms with Gasteiger partial charge in [-0.15, -0.1) is 0 Å². The van der Waals surface area contributed by atoms with Gasteiger partial charge in [0.1, 0.15) is 18.0 Å². The Labute approximate surface area is 183 Å². The van der Waals surface area contributed by atoms with Gasteiger partial charge in [-0.05, 0) is 70.0 Å². The summed E-state index contributed by atoms with van der Waals surface area (Å²) in [5, 5.41) is 3.03. The van der Waals surface area contributed by atoms with Gasteiger partial charge in [0.25, 0.3) is 5.91 Å². The van der Waals surface area contributed by atoms with E-state index in [0.717, 1.165) is 50.1 Å². The zero-order chi connectivity index (χ0) is 21.7. The molecule has 1 aliphatic rings. The van der Waals surface area contributed by atoms with Crippen LogP contribution in [-0.4, -0.2) is 49.3 Å². The van der Waals surface area contributed by atoms with Crippen LogP contribution in [-0.2, 0) is 9.53 Å². The molecule has 0 aromatic heterocycles. The van der Waals surface area contributed by atoms with Crippen LogP contribution in [0.3, 0.4) is 0 Å². The lowest BCUT2D eigenvalue weighted by atomic mass is 9.96. The number of anilines is 1. The van der Waals surface area contributed by atoms with Crippen molar-refractivity contribution < 1.29 is 14.3 Å². The first-order valence-electron chi connectivity index (χ1n) is 12.0. The van der Waals surface area contributed by atoms with Gasteiger partial charge in [-0.1, -0.05) is 46.0 Å². The van der Waals surface area contributed by atoms with Crippen molar-refractivity contribution in [2.75, 3.05) is 38.2 Å². The average Bonchev–Trinajstić information content (AvgIpc) is 3.02. The highest BCUT2D eigenvalue weighted by molar-refractivity contribution is 5.97. The molecular formula is C25H42N2O3. The van der Waals surface area contributed by atoms with Gasteiger partial charge < -0.3 is 14.8 Å². The lowest BCUT2D eigenvalue weighted by Gasteiger charge is -2.28. The van der Waals surface area contributed by atoms with E-state index < -0.39 is 5.60 Å². The summed E-state index contributed by atoms with van der Waals surface area (Å²) in [6.45, 7) is 10.8. The molecule has 2 rings (SSSR count). The predicted molar refractivity (Wildman–Crippen MR) is 124 cm³/mol. The summed E-state index contributed by atoms with van der Waals surface area (Å²) in [7, 11) is 0. The number of nitrogens with one attached hydrogen (secondary N) is 1. The smallest absolute Gasteiger partial charge is 0.256 e. The molecular weight excluding hydrogens is 376 g/mol. The highest BCUT2D eigenvalue weighted by Crippen LogP contribution is 2.24. The summed E-state index contributed by atoms with van der Waals surface area (Å²) in [4.78, 5) is 15.4. The Balaban J connectivity index is 1.82. The van der Waals surface area contributed by atoms with Crippen molar-refractivity contribution in [3.63, 3.8) is 0 Å². The molecule has 1 heterocycles. The molecule has 1 aromatic rings. The largest absolute Gasteiger partial charge is 0.492 e. The molecule has 1 unspecified atom stereocenters. The fourth-order valence-corrected chi connectivity index (χ4v) is 3.84. The number of carbonyl (C=O) groups excluding carboxylic acids is 1. The van der Waals surface area contributed by atoms with Crippen LogP contribution in [0.1, 0.15) is 78.6 Å². The van der Waals surface area contributed by atoms with Crippen molar-refractivity contribution in [2.24, 2.45) is 0 Å². The van der Waals surface area contributed by atoms with Gasteiger partial charge in [0.2, 0.25) is 0 Å². The lowest BCUT2D eigenvalue weighted by molar-refractivity contribution is -0.140. The predicted octanol–water partition coefficient (Wildman–Crippen LogP) is 5.65. The average molecular weight is 419 g/mol. The molecule has 1 N–H and O–H groups in total. The maximum Gasteiger partial charge on any atom is 0.256 e. The molecule has 1 aliphatic heterocycles. The lowest BCUT2D eigenvalue weighted by Crippen LogP contribution is -2.43. The van der Waals surface area contributed by atoms with Crippen molar-refractivity contribution in [1.82, 2.24) is 4.90 Å². The second kappa shape index (κ2) is 13.7. The quantitative estimate of drug-likeness (QED) is 0.421. The van der Waals surface area contributed by atoms with Gasteiger partial charge >= 0.3 is 0 Å². The molecule has 0 bridgehead atoms. The van der Waals surface area contributed by atoms with E-state index in [2.05, 4.69) is 24.1 Å². The third kappa shape index (κ3) is 8.65. The van der Waals surface area contributed by atoms with Gasteiger partial charge in [0.15, 0.2) is 0 Å². The Morgan fingerprint density at radius 2 is 1.70 bits per heavy atom. The normalized spacial score (nSPS) is 17.2. The van der Waals surface area contributed by atoms with Crippen LogP contribution in [0.25, 0.3) is 0 Å². The van der Waals surface area contributed by atoms with E-state index in [1.807, 2.05) is 31.2 Å². The molecule has 0 radical (unpaired) electrons. The topological polar surface area (TPSA) is 50.8 Å². The minimum atomic E-state index is -0.784. The summed E-state index contributed by atoms with van der Waals surface area (Å²) >= 11 is 0. The first kappa shape index (κ1) is 24.7. The SMILES string of the molecule is CCCCCC(C)(OCCC)C(=O)Nc1ccc(OCCN2CCCCCC2)cc1. The molecule has 1 aromatic carbocycles. The molecule has 1 atom stereocenters. The molecule has 0 aliphatic carbocycles. The zero-order valence-corrected chi connectivity index (χ0v) is 19.4. The number of amides is 1. The minimum Gasteiger partial charge on any atom is -0.492 e. The van der Waals surface area contributed by atoms with Crippen molar-refractivity contribution in [3.8, 4) is 5.75 Å². The maximum atomic E-state index is 12.9. The monoisotopic (exact) mass is 418 g/mol. The molecule has 1 fully saturated rings. The number of rotatable bonds is 13. The van der Waals surface area contributed by atoms with Gasteiger partial charge in [-0.25, -0.2) is 0 Å². The van der Waals surface area contributed by atoms with Crippen LogP contribution in [0, 0.1) is 0 Å². The number of carbonyl (C=O) groups is 1. The van der Waals surface area contributed by atoms with Crippen LogP contribution < -0.4 is 10.1 Å². The van der Waals surface area contributed by atoms with Crippen LogP contribution >= 0.6 is 0 Å². The zero-order valence-electron chi connectivity index (χ0n) is 19.4. The van der Waals surface area contributed by atoms with E-state index in [1.165, 1.54) is 38.8 Å². The summed E-state index contributed by atoms with van der Waals surface area (Å²) < 4.78 is 11.9. The Hall–Kier alpha value is -1.59. The fraction of sp³-hybridized carbons (Fsp3) is 0.720. The highest BCUT2D eigenvalue weighted by Gasteiger charge is 2.33. The van der Waals surface area contributed by atoms with E-state index in [-0.39, 0.29) is 5.91 Å². The summed E-state index contributed by atoms with van der Waals surface area (Å²) in [6, 6.07) is 7.68. The molecule has 1 saturated heterocycles. The molecule has 30 heavy (non-hydrogen) atoms. The Morgan fingerprint density at radius 3 is 2.33 bits per heavy atom. The maximum absolute atomic E-state index is 12.9. The van der Waals surface area contributed by atoms with E-state index in [1.54, 1.807) is 0 Å². The van der Waals surface area contributed by atoms with Gasteiger partial charge in [0, 0.05) is 18.8 Å². The highest BCUT2D eigenvalue weighted by atomic mass is 16.5. The van der Waals surface area contributed by atoms with E-state index in [4.69, 9.17) is 9.47 Å². The summed E-state index contributed by atoms with van der Waals surface area (Å²) in [5.41, 5.74) is -0.00488. The third-order valence-corrected chi connectivity index (χ3v) is 5.85. The van der Waals surface area contributed by atoms with Gasteiger partial charge in [0.05, 0.1) is 0 Å². The summed E-state index contributed by atoms with van der Waals surface area (Å²) in [6.07, 6.45) is 10.2. The number of hydrogen-bond donors (Lipinski definition) is 1. The second-order valence-corrected chi connectivity index (χ2v) is 8.62. The van der Waals surface area contributed by atoms with Crippen molar-refractivity contribution >= 4 is 11.6 Å². The van der Waals surface area contributed by atoms with E-state index >= 15 is 0 Å². The van der Waals surface area contributed by atoms with Crippen molar-refractivity contribution in [2.45, 2.75) is 84.2 Å². The summed E-state index contributed by atoms with van der Waals surface area (Å²) in [5.74, 6) is 0.776. The van der Waals surface area contributed by atoms with Crippen LogP contribution in [0.15, 0.2) is 24.3 Å². The van der Waals surface area contributed by atoms with Gasteiger partial charge in [-0.2, -0.15) is 0 Å². The second-order valence-electron chi connectivity index (χ2n) is 8.62. The molecule has 5 heteroatoms. The third-order valence-electron chi connectivity index (χ3n) is 5.85. The minimum absolute atomic E-state index is 0.0677. The van der Waals surface area contributed by atoms with Crippen LogP contribution in [0.4, 0.5) is 5.69 Å². The first-order chi connectivity index (χ1) is 14.6. The van der Waals surface area contributed by atoms with Crippen LogP contribution in [0.2, 0.25) is 0 Å². The van der Waals surface area contributed by atoms with E-state index in [9.17, 15) is 4.79 Å². The van der Waals surface area contributed by atoms with Crippen LogP contribution in [0.5, 0.6) is 5.75 Å². The molecule has 170 valence electrons. The fourth-order valence-electron chi connectivity index (χ4n) is 3.84. The van der Waals surface area contributed by atoms with Crippen molar-refractivity contribution in [1.29, 1.82) is 0 Å². The standard InChI is InChI=1S/C25H42N2O3/c1-4-6-9-16-25(3,30-20-5-2)24(28)26-22-12-14-23(15-13-22)29-21-19-27-17-10-7-8-11-18-27/h12-15H,4-11,16-21H2,1-3H3,(H,26,28). The van der Waals surface area contributed by atoms with Crippen molar-refractivity contribution in [3.05, 3.63) is 24.3 Å².